The smallest absolute Gasteiger partial charge is 0.222 e. The highest BCUT2D eigenvalue weighted by molar-refractivity contribution is 5.88. The SMILES string of the molecule is CC.CC(=O)Nc1nc(C)ncc1C#N. The molecule has 0 radical (unpaired) electrons. The van der Waals surface area contributed by atoms with Gasteiger partial charge in [0.15, 0.2) is 5.82 Å². The molecule has 1 aromatic rings. The van der Waals surface area contributed by atoms with Gasteiger partial charge in [0, 0.05) is 6.92 Å². The van der Waals surface area contributed by atoms with Crippen LogP contribution in [0, 0.1) is 18.3 Å². The number of nitrogens with one attached hydrogen (secondary N) is 1. The van der Waals surface area contributed by atoms with Crippen LogP contribution in [0.1, 0.15) is 32.2 Å². The van der Waals surface area contributed by atoms with E-state index < -0.39 is 0 Å². The number of rotatable bonds is 1. The highest BCUT2D eigenvalue weighted by atomic mass is 16.1. The molecule has 0 spiro atoms. The molecule has 1 rings (SSSR count). The lowest BCUT2D eigenvalue weighted by Gasteiger charge is -2.02. The highest BCUT2D eigenvalue weighted by Gasteiger charge is 2.05. The summed E-state index contributed by atoms with van der Waals surface area (Å²) in [5.41, 5.74) is 0.265. The van der Waals surface area contributed by atoms with Crippen LogP contribution in [0.3, 0.4) is 0 Å². The van der Waals surface area contributed by atoms with E-state index >= 15 is 0 Å². The first-order valence-corrected chi connectivity index (χ1v) is 4.65. The lowest BCUT2D eigenvalue weighted by Crippen LogP contribution is -2.10. The molecular formula is C10H14N4O. The van der Waals surface area contributed by atoms with Crippen LogP contribution in [0.5, 0.6) is 0 Å². The van der Waals surface area contributed by atoms with Crippen LogP contribution >= 0.6 is 0 Å². The molecule has 0 aromatic carbocycles. The van der Waals surface area contributed by atoms with E-state index in [9.17, 15) is 4.79 Å². The van der Waals surface area contributed by atoms with E-state index in [1.54, 1.807) is 6.92 Å². The number of aryl methyl sites for hydroxylation is 1. The molecule has 0 aliphatic carbocycles. The molecule has 1 N–H and O–H groups in total. The van der Waals surface area contributed by atoms with Crippen molar-refractivity contribution in [3.8, 4) is 6.07 Å². The summed E-state index contributed by atoms with van der Waals surface area (Å²) in [7, 11) is 0. The molecule has 0 fully saturated rings. The summed E-state index contributed by atoms with van der Waals surface area (Å²) in [6.45, 7) is 7.05. The molecule has 15 heavy (non-hydrogen) atoms. The molecule has 80 valence electrons. The fraction of sp³-hybridized carbons (Fsp3) is 0.400. The van der Waals surface area contributed by atoms with Crippen molar-refractivity contribution < 1.29 is 4.79 Å². The van der Waals surface area contributed by atoms with Gasteiger partial charge < -0.3 is 5.32 Å². The molecule has 0 aliphatic rings. The maximum Gasteiger partial charge on any atom is 0.222 e. The fourth-order valence-electron chi connectivity index (χ4n) is 0.814. The molecule has 0 aliphatic heterocycles. The third-order valence-electron chi connectivity index (χ3n) is 1.32. The molecule has 0 bridgehead atoms. The van der Waals surface area contributed by atoms with Gasteiger partial charge in [0.2, 0.25) is 5.91 Å². The van der Waals surface area contributed by atoms with Crippen LogP contribution in [-0.4, -0.2) is 15.9 Å². The number of amides is 1. The summed E-state index contributed by atoms with van der Waals surface area (Å²) in [5, 5.41) is 11.1. The number of hydrogen-bond donors (Lipinski definition) is 1. The second-order valence-corrected chi connectivity index (χ2v) is 2.47. The lowest BCUT2D eigenvalue weighted by atomic mass is 10.3. The Hall–Kier alpha value is -1.96. The molecule has 0 saturated heterocycles. The van der Waals surface area contributed by atoms with Crippen LogP contribution < -0.4 is 5.32 Å². The Bertz CT molecular complexity index is 381. The Morgan fingerprint density at radius 1 is 1.53 bits per heavy atom. The van der Waals surface area contributed by atoms with Crippen molar-refractivity contribution in [3.05, 3.63) is 17.6 Å². The first-order chi connectivity index (χ1) is 7.13. The van der Waals surface area contributed by atoms with Gasteiger partial charge in [0.25, 0.3) is 0 Å². The zero-order chi connectivity index (χ0) is 11.8. The predicted molar refractivity (Wildman–Crippen MR) is 57.1 cm³/mol. The highest BCUT2D eigenvalue weighted by Crippen LogP contribution is 2.09. The summed E-state index contributed by atoms with van der Waals surface area (Å²) in [4.78, 5) is 18.5. The average Bonchev–Trinajstić information content (AvgIpc) is 2.20. The standard InChI is InChI=1S/C8H8N4O.C2H6/c1-5-10-4-7(3-9)8(11-5)12-6(2)13;1-2/h4H,1-2H3,(H,10,11,12,13);1-2H3. The monoisotopic (exact) mass is 206 g/mol. The van der Waals surface area contributed by atoms with Gasteiger partial charge in [-0.3, -0.25) is 4.79 Å². The van der Waals surface area contributed by atoms with E-state index in [1.165, 1.54) is 13.1 Å². The second kappa shape index (κ2) is 6.49. The molecule has 5 nitrogen and oxygen atoms in total. The van der Waals surface area contributed by atoms with Gasteiger partial charge in [-0.2, -0.15) is 5.26 Å². The third kappa shape index (κ3) is 4.18. The normalized spacial score (nSPS) is 8.20. The van der Waals surface area contributed by atoms with Gasteiger partial charge in [-0.05, 0) is 6.92 Å². The van der Waals surface area contributed by atoms with Crippen LogP contribution in [0.25, 0.3) is 0 Å². The number of nitrogens with zero attached hydrogens (tertiary/aromatic N) is 3. The Morgan fingerprint density at radius 2 is 2.13 bits per heavy atom. The maximum atomic E-state index is 10.7. The predicted octanol–water partition coefficient (Wildman–Crippen LogP) is 1.64. The van der Waals surface area contributed by atoms with Crippen LogP contribution in [0.2, 0.25) is 0 Å². The largest absolute Gasteiger partial charge is 0.310 e. The van der Waals surface area contributed by atoms with E-state index in [0.717, 1.165) is 0 Å². The van der Waals surface area contributed by atoms with Gasteiger partial charge in [-0.15, -0.1) is 0 Å². The quantitative estimate of drug-likeness (QED) is 0.757. The number of carbonyl (C=O) groups excluding carboxylic acids is 1. The Balaban J connectivity index is 0.000000921. The van der Waals surface area contributed by atoms with Gasteiger partial charge in [0.05, 0.1) is 6.20 Å². The number of nitriles is 1. The van der Waals surface area contributed by atoms with Gasteiger partial charge in [-0.1, -0.05) is 13.8 Å². The fourth-order valence-corrected chi connectivity index (χ4v) is 0.814. The number of anilines is 1. The number of aromatic nitrogens is 2. The van der Waals surface area contributed by atoms with Gasteiger partial charge >= 0.3 is 0 Å². The molecule has 1 aromatic heterocycles. The summed E-state index contributed by atoms with van der Waals surface area (Å²) in [6.07, 6.45) is 1.38. The minimum atomic E-state index is -0.255. The van der Waals surface area contributed by atoms with E-state index in [1.807, 2.05) is 19.9 Å². The first kappa shape index (κ1) is 13.0. The maximum absolute atomic E-state index is 10.7. The van der Waals surface area contributed by atoms with Crippen LogP contribution in [0.15, 0.2) is 6.20 Å². The van der Waals surface area contributed by atoms with E-state index in [0.29, 0.717) is 5.82 Å². The Labute approximate surface area is 89.2 Å². The zero-order valence-corrected chi connectivity index (χ0v) is 9.33. The van der Waals surface area contributed by atoms with E-state index in [-0.39, 0.29) is 17.3 Å². The average molecular weight is 206 g/mol. The molecule has 0 atom stereocenters. The zero-order valence-electron chi connectivity index (χ0n) is 9.33. The van der Waals surface area contributed by atoms with Gasteiger partial charge in [0.1, 0.15) is 17.5 Å². The van der Waals surface area contributed by atoms with Crippen molar-refractivity contribution in [1.82, 2.24) is 9.97 Å². The van der Waals surface area contributed by atoms with Crippen LogP contribution in [-0.2, 0) is 4.79 Å². The number of carbonyl (C=O) groups is 1. The van der Waals surface area contributed by atoms with E-state index in [4.69, 9.17) is 5.26 Å². The van der Waals surface area contributed by atoms with Crippen molar-refractivity contribution in [2.24, 2.45) is 0 Å². The van der Waals surface area contributed by atoms with Crippen molar-refractivity contribution in [2.75, 3.05) is 5.32 Å². The summed E-state index contributed by atoms with van der Waals surface area (Å²) in [6, 6.07) is 1.89. The van der Waals surface area contributed by atoms with Crippen molar-refractivity contribution in [2.45, 2.75) is 27.7 Å². The molecule has 5 heteroatoms. The molecule has 1 heterocycles. The van der Waals surface area contributed by atoms with Gasteiger partial charge in [-0.25, -0.2) is 9.97 Å². The van der Waals surface area contributed by atoms with Crippen LogP contribution in [0.4, 0.5) is 5.82 Å². The Kier molecular flexibility index (Phi) is 5.64. The minimum Gasteiger partial charge on any atom is -0.310 e. The number of hydrogen-bond acceptors (Lipinski definition) is 4. The molecule has 1 amide bonds. The molecular weight excluding hydrogens is 192 g/mol. The minimum absolute atomic E-state index is 0.255. The molecule has 0 unspecified atom stereocenters. The summed E-state index contributed by atoms with van der Waals surface area (Å²) in [5.74, 6) is 0.528. The lowest BCUT2D eigenvalue weighted by molar-refractivity contribution is -0.114. The van der Waals surface area contributed by atoms with E-state index in [2.05, 4.69) is 15.3 Å². The Morgan fingerprint density at radius 3 is 2.60 bits per heavy atom. The van der Waals surface area contributed by atoms with Crippen molar-refractivity contribution in [3.63, 3.8) is 0 Å². The topological polar surface area (TPSA) is 78.7 Å². The second-order valence-electron chi connectivity index (χ2n) is 2.47. The third-order valence-corrected chi connectivity index (χ3v) is 1.32. The van der Waals surface area contributed by atoms with Crippen molar-refractivity contribution in [1.29, 1.82) is 5.26 Å². The van der Waals surface area contributed by atoms with Crippen molar-refractivity contribution >= 4 is 11.7 Å². The molecule has 0 saturated carbocycles. The first-order valence-electron chi connectivity index (χ1n) is 4.65. The summed E-state index contributed by atoms with van der Waals surface area (Å²) < 4.78 is 0. The summed E-state index contributed by atoms with van der Waals surface area (Å²) >= 11 is 0.